The van der Waals surface area contributed by atoms with Crippen LogP contribution in [-0.4, -0.2) is 5.91 Å². The summed E-state index contributed by atoms with van der Waals surface area (Å²) in [5.41, 5.74) is 2.25. The number of ether oxygens (including phenoxy) is 1. The fourth-order valence-corrected chi connectivity index (χ4v) is 4.57. The van der Waals surface area contributed by atoms with Gasteiger partial charge in [0.05, 0.1) is 5.41 Å². The van der Waals surface area contributed by atoms with E-state index in [1.54, 1.807) is 0 Å². The van der Waals surface area contributed by atoms with Gasteiger partial charge in [-0.25, -0.2) is 0 Å². The number of amides is 1. The van der Waals surface area contributed by atoms with Crippen LogP contribution in [0.4, 0.5) is 5.69 Å². The predicted molar refractivity (Wildman–Crippen MR) is 122 cm³/mol. The molecule has 3 aromatic carbocycles. The van der Waals surface area contributed by atoms with E-state index >= 15 is 0 Å². The molecule has 0 radical (unpaired) electrons. The van der Waals surface area contributed by atoms with Crippen molar-refractivity contribution in [3.63, 3.8) is 0 Å². The third-order valence-electron chi connectivity index (χ3n) is 5.89. The third kappa shape index (κ3) is 4.52. The standard InChI is InChI=1S/C26H26ClNO2/c27-24-12-6-5-11-23(24)26(17-7-2-8-18-26)25(29)28-21-13-15-22(16-14-21)30-19-20-9-3-1-4-10-20/h1,3-6,9-16H,2,7-8,17-19H2,(H,28,29). The van der Waals surface area contributed by atoms with Gasteiger partial charge < -0.3 is 10.1 Å². The van der Waals surface area contributed by atoms with Crippen LogP contribution in [0.25, 0.3) is 0 Å². The molecule has 3 nitrogen and oxygen atoms in total. The van der Waals surface area contributed by atoms with Crippen LogP contribution in [0.5, 0.6) is 5.75 Å². The lowest BCUT2D eigenvalue weighted by Gasteiger charge is -2.37. The molecule has 1 N–H and O–H groups in total. The lowest BCUT2D eigenvalue weighted by Crippen LogP contribution is -2.42. The van der Waals surface area contributed by atoms with E-state index in [1.807, 2.05) is 78.9 Å². The number of benzene rings is 3. The minimum atomic E-state index is -0.570. The number of hydrogen-bond donors (Lipinski definition) is 1. The second-order valence-corrected chi connectivity index (χ2v) is 8.28. The largest absolute Gasteiger partial charge is 0.489 e. The highest BCUT2D eigenvalue weighted by atomic mass is 35.5. The lowest BCUT2D eigenvalue weighted by molar-refractivity contribution is -0.122. The number of nitrogens with one attached hydrogen (secondary N) is 1. The Morgan fingerprint density at radius 2 is 1.53 bits per heavy atom. The molecule has 154 valence electrons. The maximum Gasteiger partial charge on any atom is 0.235 e. The highest BCUT2D eigenvalue weighted by Gasteiger charge is 2.42. The summed E-state index contributed by atoms with van der Waals surface area (Å²) in [5.74, 6) is 0.795. The van der Waals surface area contributed by atoms with Gasteiger partial charge in [-0.2, -0.15) is 0 Å². The molecule has 0 aliphatic heterocycles. The Hall–Kier alpha value is -2.78. The Morgan fingerprint density at radius 1 is 0.867 bits per heavy atom. The van der Waals surface area contributed by atoms with Gasteiger partial charge in [0.1, 0.15) is 12.4 Å². The first-order chi connectivity index (χ1) is 14.7. The number of rotatable bonds is 6. The van der Waals surface area contributed by atoms with Crippen LogP contribution in [0.15, 0.2) is 78.9 Å². The zero-order valence-electron chi connectivity index (χ0n) is 16.9. The smallest absolute Gasteiger partial charge is 0.235 e. The van der Waals surface area contributed by atoms with Crippen molar-refractivity contribution in [2.75, 3.05) is 5.32 Å². The maximum absolute atomic E-state index is 13.4. The van der Waals surface area contributed by atoms with Crippen LogP contribution >= 0.6 is 11.6 Å². The molecule has 0 atom stereocenters. The van der Waals surface area contributed by atoms with E-state index in [1.165, 1.54) is 0 Å². The van der Waals surface area contributed by atoms with Crippen LogP contribution < -0.4 is 10.1 Å². The molecule has 1 saturated carbocycles. The van der Waals surface area contributed by atoms with Crippen molar-refractivity contribution in [3.05, 3.63) is 95.0 Å². The Kier molecular flexibility index (Phi) is 6.39. The first-order valence-electron chi connectivity index (χ1n) is 10.5. The Bertz CT molecular complexity index is 979. The molecule has 1 aliphatic carbocycles. The number of anilines is 1. The van der Waals surface area contributed by atoms with Gasteiger partial charge in [0.15, 0.2) is 0 Å². The number of halogens is 1. The topological polar surface area (TPSA) is 38.3 Å². The second kappa shape index (κ2) is 9.36. The van der Waals surface area contributed by atoms with Gasteiger partial charge in [0.2, 0.25) is 5.91 Å². The molecule has 0 heterocycles. The van der Waals surface area contributed by atoms with Gasteiger partial charge >= 0.3 is 0 Å². The summed E-state index contributed by atoms with van der Waals surface area (Å²) in [5, 5.41) is 3.79. The quantitative estimate of drug-likeness (QED) is 0.479. The van der Waals surface area contributed by atoms with Crippen molar-refractivity contribution in [2.24, 2.45) is 0 Å². The van der Waals surface area contributed by atoms with Gasteiger partial charge in [0, 0.05) is 10.7 Å². The molecule has 1 fully saturated rings. The Labute approximate surface area is 183 Å². The summed E-state index contributed by atoms with van der Waals surface area (Å²) < 4.78 is 5.84. The molecule has 3 aromatic rings. The van der Waals surface area contributed by atoms with Gasteiger partial charge in [0.25, 0.3) is 0 Å². The highest BCUT2D eigenvalue weighted by Crippen LogP contribution is 2.43. The predicted octanol–water partition coefficient (Wildman–Crippen LogP) is 6.76. The third-order valence-corrected chi connectivity index (χ3v) is 6.22. The van der Waals surface area contributed by atoms with Crippen LogP contribution in [0.1, 0.15) is 43.2 Å². The van der Waals surface area contributed by atoms with E-state index in [4.69, 9.17) is 16.3 Å². The van der Waals surface area contributed by atoms with Crippen molar-refractivity contribution >= 4 is 23.2 Å². The van der Waals surface area contributed by atoms with E-state index in [-0.39, 0.29) is 5.91 Å². The lowest BCUT2D eigenvalue weighted by atomic mass is 9.68. The van der Waals surface area contributed by atoms with Crippen molar-refractivity contribution in [1.82, 2.24) is 0 Å². The minimum Gasteiger partial charge on any atom is -0.489 e. The van der Waals surface area contributed by atoms with E-state index in [0.29, 0.717) is 11.6 Å². The number of carbonyl (C=O) groups excluding carboxylic acids is 1. The fourth-order valence-electron chi connectivity index (χ4n) is 4.25. The summed E-state index contributed by atoms with van der Waals surface area (Å²) in [6.07, 6.45) is 4.87. The Morgan fingerprint density at radius 3 is 2.23 bits per heavy atom. The summed E-state index contributed by atoms with van der Waals surface area (Å²) in [4.78, 5) is 13.4. The van der Waals surface area contributed by atoms with Gasteiger partial charge in [-0.1, -0.05) is 79.4 Å². The molecule has 1 amide bonds. The minimum absolute atomic E-state index is 0.0215. The molecule has 1 aliphatic rings. The van der Waals surface area contributed by atoms with Crippen molar-refractivity contribution < 1.29 is 9.53 Å². The molecule has 4 rings (SSSR count). The molecule has 0 bridgehead atoms. The van der Waals surface area contributed by atoms with E-state index in [9.17, 15) is 4.79 Å². The maximum atomic E-state index is 13.4. The number of hydrogen-bond acceptors (Lipinski definition) is 2. The Balaban J connectivity index is 1.47. The van der Waals surface area contributed by atoms with Crippen molar-refractivity contribution in [2.45, 2.75) is 44.1 Å². The van der Waals surface area contributed by atoms with Crippen LogP contribution in [-0.2, 0) is 16.8 Å². The van der Waals surface area contributed by atoms with Gasteiger partial charge in [-0.15, -0.1) is 0 Å². The van der Waals surface area contributed by atoms with Gasteiger partial charge in [-0.3, -0.25) is 4.79 Å². The SMILES string of the molecule is O=C(Nc1ccc(OCc2ccccc2)cc1)C1(c2ccccc2Cl)CCCCC1. The molecular weight excluding hydrogens is 394 g/mol. The summed E-state index contributed by atoms with van der Waals surface area (Å²) in [6, 6.07) is 25.4. The molecule has 30 heavy (non-hydrogen) atoms. The van der Waals surface area contributed by atoms with Crippen molar-refractivity contribution in [3.8, 4) is 5.75 Å². The second-order valence-electron chi connectivity index (χ2n) is 7.88. The van der Waals surface area contributed by atoms with Crippen molar-refractivity contribution in [1.29, 1.82) is 0 Å². The van der Waals surface area contributed by atoms with Crippen LogP contribution in [0.2, 0.25) is 5.02 Å². The fraction of sp³-hybridized carbons (Fsp3) is 0.269. The molecule has 0 unspecified atom stereocenters. The first kappa shape index (κ1) is 20.5. The zero-order chi connectivity index (χ0) is 20.8. The normalized spacial score (nSPS) is 15.4. The zero-order valence-corrected chi connectivity index (χ0v) is 17.7. The molecule has 0 saturated heterocycles. The van der Waals surface area contributed by atoms with E-state index < -0.39 is 5.41 Å². The summed E-state index contributed by atoms with van der Waals surface area (Å²) >= 11 is 6.50. The van der Waals surface area contributed by atoms with Crippen LogP contribution in [0.3, 0.4) is 0 Å². The first-order valence-corrected chi connectivity index (χ1v) is 10.9. The molecule has 0 aromatic heterocycles. The average molecular weight is 420 g/mol. The van der Waals surface area contributed by atoms with Crippen LogP contribution in [0, 0.1) is 0 Å². The molecule has 4 heteroatoms. The van der Waals surface area contributed by atoms with Gasteiger partial charge in [-0.05, 0) is 54.3 Å². The number of carbonyl (C=O) groups is 1. The molecular formula is C26H26ClNO2. The van der Waals surface area contributed by atoms with E-state index in [2.05, 4.69) is 5.32 Å². The van der Waals surface area contributed by atoms with E-state index in [0.717, 1.165) is 54.7 Å². The summed E-state index contributed by atoms with van der Waals surface area (Å²) in [6.45, 7) is 0.516. The summed E-state index contributed by atoms with van der Waals surface area (Å²) in [7, 11) is 0. The molecule has 0 spiro atoms. The monoisotopic (exact) mass is 419 g/mol. The average Bonchev–Trinajstić information content (AvgIpc) is 2.80. The highest BCUT2D eigenvalue weighted by molar-refractivity contribution is 6.31.